The van der Waals surface area contributed by atoms with Crippen molar-refractivity contribution in [2.45, 2.75) is 52.5 Å². The maximum Gasteiger partial charge on any atom is 0.266 e. The van der Waals surface area contributed by atoms with Gasteiger partial charge in [-0.15, -0.1) is 0 Å². The van der Waals surface area contributed by atoms with Crippen LogP contribution in [0.2, 0.25) is 0 Å². The van der Waals surface area contributed by atoms with Crippen LogP contribution in [-0.4, -0.2) is 32.8 Å². The molecule has 0 unspecified atom stereocenters. The smallest absolute Gasteiger partial charge is 0.266 e. The summed E-state index contributed by atoms with van der Waals surface area (Å²) in [5.74, 6) is 1.47. The molecule has 0 aromatic carbocycles. The maximum absolute atomic E-state index is 12.2. The number of rotatable bonds is 3. The predicted molar refractivity (Wildman–Crippen MR) is 98.9 cm³/mol. The summed E-state index contributed by atoms with van der Waals surface area (Å²) >= 11 is 0. The van der Waals surface area contributed by atoms with E-state index in [1.807, 2.05) is 19.1 Å². The summed E-state index contributed by atoms with van der Waals surface area (Å²) in [5.41, 5.74) is 1.88. The molecule has 134 valence electrons. The Morgan fingerprint density at radius 1 is 1.16 bits per heavy atom. The standard InChI is InChI=1S/C19H27N5O/c1-14-11-17(21-13-20-14)23-9-7-15(8-10-23)12-24-18(25)6-5-16(22-24)19(2,3)4/h5-6,11,13,15H,7-10,12H2,1-4H3. The molecule has 3 heterocycles. The lowest BCUT2D eigenvalue weighted by Gasteiger charge is -2.33. The lowest BCUT2D eigenvalue weighted by molar-refractivity contribution is 0.329. The van der Waals surface area contributed by atoms with Crippen LogP contribution in [0.5, 0.6) is 0 Å². The highest BCUT2D eigenvalue weighted by molar-refractivity contribution is 5.38. The Bertz CT molecular complexity index is 785. The predicted octanol–water partition coefficient (Wildman–Crippen LogP) is 2.56. The molecule has 0 radical (unpaired) electrons. The minimum atomic E-state index is -0.0519. The fourth-order valence-corrected chi connectivity index (χ4v) is 3.18. The van der Waals surface area contributed by atoms with E-state index in [9.17, 15) is 4.79 Å². The molecule has 0 amide bonds. The molecule has 6 heteroatoms. The molecule has 1 aliphatic rings. The summed E-state index contributed by atoms with van der Waals surface area (Å²) in [5, 5.41) is 4.60. The Kier molecular flexibility index (Phi) is 4.88. The quantitative estimate of drug-likeness (QED) is 0.858. The van der Waals surface area contributed by atoms with E-state index < -0.39 is 0 Å². The molecule has 0 N–H and O–H groups in total. The molecule has 0 atom stereocenters. The van der Waals surface area contributed by atoms with E-state index in [-0.39, 0.29) is 11.0 Å². The second kappa shape index (κ2) is 6.94. The van der Waals surface area contributed by atoms with Crippen molar-refractivity contribution < 1.29 is 0 Å². The van der Waals surface area contributed by atoms with E-state index in [0.717, 1.165) is 43.1 Å². The second-order valence-corrected chi connectivity index (χ2v) is 7.94. The van der Waals surface area contributed by atoms with E-state index in [1.54, 1.807) is 17.1 Å². The SMILES string of the molecule is Cc1cc(N2CCC(Cn3nc(C(C)(C)C)ccc3=O)CC2)ncn1. The second-order valence-electron chi connectivity index (χ2n) is 7.94. The highest BCUT2D eigenvalue weighted by Gasteiger charge is 2.22. The molecule has 6 nitrogen and oxygen atoms in total. The number of aromatic nitrogens is 4. The van der Waals surface area contributed by atoms with Crippen molar-refractivity contribution in [3.05, 3.63) is 46.3 Å². The number of aryl methyl sites for hydroxylation is 1. The summed E-state index contributed by atoms with van der Waals surface area (Å²) in [4.78, 5) is 23.0. The number of hydrogen-bond donors (Lipinski definition) is 0. The van der Waals surface area contributed by atoms with Gasteiger partial charge in [0.05, 0.1) is 5.69 Å². The molecule has 2 aromatic rings. The van der Waals surface area contributed by atoms with E-state index in [0.29, 0.717) is 12.5 Å². The monoisotopic (exact) mass is 341 g/mol. The molecule has 1 saturated heterocycles. The summed E-state index contributed by atoms with van der Waals surface area (Å²) in [6, 6.07) is 5.52. The minimum absolute atomic E-state index is 0.0122. The summed E-state index contributed by atoms with van der Waals surface area (Å²) in [6.45, 7) is 10.9. The zero-order valence-corrected chi connectivity index (χ0v) is 15.6. The molecule has 0 saturated carbocycles. The molecule has 3 rings (SSSR count). The van der Waals surface area contributed by atoms with Crippen molar-refractivity contribution in [3.63, 3.8) is 0 Å². The van der Waals surface area contributed by atoms with Crippen molar-refractivity contribution in [2.75, 3.05) is 18.0 Å². The van der Waals surface area contributed by atoms with Crippen molar-refractivity contribution in [1.29, 1.82) is 0 Å². The minimum Gasteiger partial charge on any atom is -0.356 e. The molecule has 0 spiro atoms. The third-order valence-corrected chi connectivity index (χ3v) is 4.79. The molecule has 2 aromatic heterocycles. The maximum atomic E-state index is 12.2. The van der Waals surface area contributed by atoms with E-state index in [4.69, 9.17) is 0 Å². The topological polar surface area (TPSA) is 63.9 Å². The first-order valence-electron chi connectivity index (χ1n) is 8.95. The van der Waals surface area contributed by atoms with Crippen molar-refractivity contribution in [2.24, 2.45) is 5.92 Å². The van der Waals surface area contributed by atoms with Gasteiger partial charge in [0, 0.05) is 42.9 Å². The van der Waals surface area contributed by atoms with Crippen LogP contribution in [0, 0.1) is 12.8 Å². The van der Waals surface area contributed by atoms with Gasteiger partial charge < -0.3 is 4.90 Å². The Morgan fingerprint density at radius 2 is 1.88 bits per heavy atom. The van der Waals surface area contributed by atoms with Crippen molar-refractivity contribution in [3.8, 4) is 0 Å². The van der Waals surface area contributed by atoms with E-state index in [1.165, 1.54) is 0 Å². The first kappa shape index (κ1) is 17.6. The summed E-state index contributed by atoms with van der Waals surface area (Å²) in [7, 11) is 0. The average molecular weight is 341 g/mol. The number of nitrogens with zero attached hydrogens (tertiary/aromatic N) is 5. The van der Waals surface area contributed by atoms with Crippen LogP contribution in [0.4, 0.5) is 5.82 Å². The normalized spacial score (nSPS) is 16.2. The summed E-state index contributed by atoms with van der Waals surface area (Å²) < 4.78 is 1.65. The molecule has 1 aliphatic heterocycles. The summed E-state index contributed by atoms with van der Waals surface area (Å²) in [6.07, 6.45) is 3.70. The van der Waals surface area contributed by atoms with Gasteiger partial charge in [0.25, 0.3) is 5.56 Å². The van der Waals surface area contributed by atoms with Crippen LogP contribution in [0.25, 0.3) is 0 Å². The molecule has 0 aliphatic carbocycles. The highest BCUT2D eigenvalue weighted by Crippen LogP contribution is 2.23. The fraction of sp³-hybridized carbons (Fsp3) is 0.579. The van der Waals surface area contributed by atoms with E-state index >= 15 is 0 Å². The zero-order valence-electron chi connectivity index (χ0n) is 15.6. The van der Waals surface area contributed by atoms with Gasteiger partial charge in [0.2, 0.25) is 0 Å². The molecule has 25 heavy (non-hydrogen) atoms. The Morgan fingerprint density at radius 3 is 2.52 bits per heavy atom. The third-order valence-electron chi connectivity index (χ3n) is 4.79. The van der Waals surface area contributed by atoms with Crippen molar-refractivity contribution >= 4 is 5.82 Å². The van der Waals surface area contributed by atoms with Gasteiger partial charge in [-0.2, -0.15) is 5.10 Å². The van der Waals surface area contributed by atoms with Crippen LogP contribution in [0.3, 0.4) is 0 Å². The third kappa shape index (κ3) is 4.24. The molecular weight excluding hydrogens is 314 g/mol. The van der Waals surface area contributed by atoms with Crippen LogP contribution in [0.15, 0.2) is 29.3 Å². The van der Waals surface area contributed by atoms with Gasteiger partial charge in [-0.1, -0.05) is 20.8 Å². The first-order valence-corrected chi connectivity index (χ1v) is 8.95. The number of anilines is 1. The lowest BCUT2D eigenvalue weighted by atomic mass is 9.92. The Hall–Kier alpha value is -2.24. The lowest BCUT2D eigenvalue weighted by Crippen LogP contribution is -2.37. The van der Waals surface area contributed by atoms with Gasteiger partial charge >= 0.3 is 0 Å². The van der Waals surface area contributed by atoms with Gasteiger partial charge in [0.1, 0.15) is 12.1 Å². The van der Waals surface area contributed by atoms with Crippen LogP contribution in [0.1, 0.15) is 45.0 Å². The molecular formula is C19H27N5O. The van der Waals surface area contributed by atoms with Gasteiger partial charge in [-0.25, -0.2) is 14.6 Å². The van der Waals surface area contributed by atoms with Crippen LogP contribution < -0.4 is 10.5 Å². The molecule has 1 fully saturated rings. The molecule has 0 bridgehead atoms. The van der Waals surface area contributed by atoms with Crippen LogP contribution in [-0.2, 0) is 12.0 Å². The van der Waals surface area contributed by atoms with Crippen LogP contribution >= 0.6 is 0 Å². The van der Waals surface area contributed by atoms with Gasteiger partial charge in [-0.05, 0) is 31.7 Å². The average Bonchev–Trinajstić information content (AvgIpc) is 2.56. The highest BCUT2D eigenvalue weighted by atomic mass is 16.1. The zero-order chi connectivity index (χ0) is 18.0. The van der Waals surface area contributed by atoms with E-state index in [2.05, 4.69) is 40.7 Å². The fourth-order valence-electron chi connectivity index (χ4n) is 3.18. The Balaban J connectivity index is 1.65. The van der Waals surface area contributed by atoms with Gasteiger partial charge in [0.15, 0.2) is 0 Å². The van der Waals surface area contributed by atoms with Crippen molar-refractivity contribution in [1.82, 2.24) is 19.7 Å². The van der Waals surface area contributed by atoms with Gasteiger partial charge in [-0.3, -0.25) is 4.79 Å². The first-order chi connectivity index (χ1) is 11.8. The largest absolute Gasteiger partial charge is 0.356 e. The number of piperidine rings is 1. The number of hydrogen-bond acceptors (Lipinski definition) is 5. The Labute approximate surface area is 148 Å².